The van der Waals surface area contributed by atoms with Crippen molar-refractivity contribution in [3.05, 3.63) is 29.6 Å². The number of carbonyl (C=O) groups excluding carboxylic acids is 1. The number of hydrogen-bond acceptors (Lipinski definition) is 2. The van der Waals surface area contributed by atoms with Crippen molar-refractivity contribution in [3.63, 3.8) is 0 Å². The predicted octanol–water partition coefficient (Wildman–Crippen LogP) is 2.84. The van der Waals surface area contributed by atoms with Crippen molar-refractivity contribution in [2.45, 2.75) is 39.2 Å². The predicted molar refractivity (Wildman–Crippen MR) is 64.5 cm³/mol. The largest absolute Gasteiger partial charge is 0.507 e. The fourth-order valence-electron chi connectivity index (χ4n) is 1.57. The Hall–Kier alpha value is -1.58. The van der Waals surface area contributed by atoms with Crippen LogP contribution in [0.25, 0.3) is 0 Å². The van der Waals surface area contributed by atoms with Crippen LogP contribution in [0.1, 0.15) is 43.5 Å². The number of aromatic hydroxyl groups is 1. The average molecular weight is 239 g/mol. The zero-order chi connectivity index (χ0) is 12.8. The molecule has 0 aliphatic carbocycles. The van der Waals surface area contributed by atoms with Gasteiger partial charge in [0.1, 0.15) is 11.6 Å². The molecule has 2 N–H and O–H groups in total. The van der Waals surface area contributed by atoms with Gasteiger partial charge in [-0.25, -0.2) is 4.39 Å². The van der Waals surface area contributed by atoms with Gasteiger partial charge in [-0.1, -0.05) is 19.8 Å². The number of halogens is 1. The van der Waals surface area contributed by atoms with Crippen LogP contribution in [0, 0.1) is 5.82 Å². The minimum Gasteiger partial charge on any atom is -0.507 e. The first-order valence-corrected chi connectivity index (χ1v) is 5.84. The number of rotatable bonds is 5. The minimum absolute atomic E-state index is 0.0186. The maximum Gasteiger partial charge on any atom is 0.255 e. The Morgan fingerprint density at radius 2 is 2.24 bits per heavy atom. The molecular weight excluding hydrogens is 221 g/mol. The van der Waals surface area contributed by atoms with Crippen LogP contribution >= 0.6 is 0 Å². The summed E-state index contributed by atoms with van der Waals surface area (Å²) in [6, 6.07) is 3.36. The Kier molecular flexibility index (Phi) is 4.94. The third-order valence-electron chi connectivity index (χ3n) is 2.57. The number of carbonyl (C=O) groups is 1. The summed E-state index contributed by atoms with van der Waals surface area (Å²) in [7, 11) is 0. The Morgan fingerprint density at radius 1 is 1.53 bits per heavy atom. The first-order valence-electron chi connectivity index (χ1n) is 5.84. The summed E-state index contributed by atoms with van der Waals surface area (Å²) in [6.45, 7) is 3.97. The summed E-state index contributed by atoms with van der Waals surface area (Å²) in [5, 5.41) is 12.2. The molecule has 0 saturated heterocycles. The molecule has 0 aromatic heterocycles. The highest BCUT2D eigenvalue weighted by Gasteiger charge is 2.14. The Balaban J connectivity index is 2.66. The molecule has 0 radical (unpaired) electrons. The minimum atomic E-state index is -0.533. The maximum absolute atomic E-state index is 13.0. The summed E-state index contributed by atoms with van der Waals surface area (Å²) >= 11 is 0. The van der Waals surface area contributed by atoms with Gasteiger partial charge in [0.25, 0.3) is 5.91 Å². The van der Waals surface area contributed by atoms with Crippen LogP contribution in [0.3, 0.4) is 0 Å². The van der Waals surface area contributed by atoms with Gasteiger partial charge < -0.3 is 10.4 Å². The molecule has 94 valence electrons. The standard InChI is InChI=1S/C13H18FNO2/c1-3-4-5-9(2)15-13(17)11-8-10(14)6-7-12(11)16/h6-9,16H,3-5H2,1-2H3,(H,15,17). The smallest absolute Gasteiger partial charge is 0.255 e. The molecule has 0 fully saturated rings. The summed E-state index contributed by atoms with van der Waals surface area (Å²) in [4.78, 5) is 11.8. The molecule has 1 rings (SSSR count). The molecule has 1 atom stereocenters. The van der Waals surface area contributed by atoms with Crippen LogP contribution in [-0.4, -0.2) is 17.1 Å². The van der Waals surface area contributed by atoms with Gasteiger partial charge in [-0.05, 0) is 31.5 Å². The summed E-state index contributed by atoms with van der Waals surface area (Å²) in [6.07, 6.45) is 2.96. The maximum atomic E-state index is 13.0. The fraction of sp³-hybridized carbons (Fsp3) is 0.462. The second kappa shape index (κ2) is 6.23. The molecule has 17 heavy (non-hydrogen) atoms. The van der Waals surface area contributed by atoms with E-state index >= 15 is 0 Å². The molecular formula is C13H18FNO2. The first kappa shape index (κ1) is 13.5. The monoisotopic (exact) mass is 239 g/mol. The summed E-state index contributed by atoms with van der Waals surface area (Å²) in [5.74, 6) is -1.17. The molecule has 0 heterocycles. The van der Waals surface area contributed by atoms with Crippen molar-refractivity contribution < 1.29 is 14.3 Å². The number of phenolic OH excluding ortho intramolecular Hbond substituents is 1. The molecule has 1 unspecified atom stereocenters. The molecule has 0 aliphatic rings. The van der Waals surface area contributed by atoms with E-state index in [1.165, 1.54) is 6.07 Å². The van der Waals surface area contributed by atoms with E-state index in [0.29, 0.717) is 0 Å². The lowest BCUT2D eigenvalue weighted by Gasteiger charge is -2.13. The van der Waals surface area contributed by atoms with Gasteiger partial charge in [-0.15, -0.1) is 0 Å². The van der Waals surface area contributed by atoms with E-state index in [9.17, 15) is 14.3 Å². The van der Waals surface area contributed by atoms with Gasteiger partial charge in [0.15, 0.2) is 0 Å². The third kappa shape index (κ3) is 4.06. The number of nitrogens with one attached hydrogen (secondary N) is 1. The van der Waals surface area contributed by atoms with Crippen molar-refractivity contribution in [3.8, 4) is 5.75 Å². The van der Waals surface area contributed by atoms with Crippen molar-refractivity contribution in [1.29, 1.82) is 0 Å². The lowest BCUT2D eigenvalue weighted by molar-refractivity contribution is 0.0935. The summed E-state index contributed by atoms with van der Waals surface area (Å²) in [5.41, 5.74) is -0.0200. The van der Waals surface area contributed by atoms with E-state index in [4.69, 9.17) is 0 Å². The van der Waals surface area contributed by atoms with Gasteiger partial charge in [0, 0.05) is 6.04 Å². The lowest BCUT2D eigenvalue weighted by Crippen LogP contribution is -2.32. The summed E-state index contributed by atoms with van der Waals surface area (Å²) < 4.78 is 13.0. The van der Waals surface area contributed by atoms with E-state index in [2.05, 4.69) is 12.2 Å². The number of hydrogen-bond donors (Lipinski definition) is 2. The van der Waals surface area contributed by atoms with Gasteiger partial charge in [0.05, 0.1) is 5.56 Å². The van der Waals surface area contributed by atoms with Gasteiger partial charge in [-0.3, -0.25) is 4.79 Å². The van der Waals surface area contributed by atoms with Crippen molar-refractivity contribution in [2.75, 3.05) is 0 Å². The first-order chi connectivity index (χ1) is 8.04. The van der Waals surface area contributed by atoms with Gasteiger partial charge in [0.2, 0.25) is 0 Å². The molecule has 0 spiro atoms. The number of benzene rings is 1. The van der Waals surface area contributed by atoms with Crippen molar-refractivity contribution in [2.24, 2.45) is 0 Å². The molecule has 0 aliphatic heterocycles. The quantitative estimate of drug-likeness (QED) is 0.830. The normalized spacial score (nSPS) is 12.2. The van der Waals surface area contributed by atoms with Crippen LogP contribution in [0.4, 0.5) is 4.39 Å². The van der Waals surface area contributed by atoms with Crippen LogP contribution in [0.15, 0.2) is 18.2 Å². The van der Waals surface area contributed by atoms with E-state index in [-0.39, 0.29) is 17.4 Å². The van der Waals surface area contributed by atoms with E-state index in [1.807, 2.05) is 6.92 Å². The second-order valence-corrected chi connectivity index (χ2v) is 4.18. The number of phenols is 1. The molecule has 1 amide bonds. The van der Waals surface area contributed by atoms with Crippen LogP contribution in [-0.2, 0) is 0 Å². The zero-order valence-corrected chi connectivity index (χ0v) is 10.2. The highest BCUT2D eigenvalue weighted by molar-refractivity contribution is 5.96. The zero-order valence-electron chi connectivity index (χ0n) is 10.2. The van der Waals surface area contributed by atoms with E-state index < -0.39 is 11.7 Å². The Labute approximate surface area is 101 Å². The van der Waals surface area contributed by atoms with Crippen molar-refractivity contribution in [1.82, 2.24) is 5.32 Å². The van der Waals surface area contributed by atoms with Crippen LogP contribution < -0.4 is 5.32 Å². The topological polar surface area (TPSA) is 49.3 Å². The fourth-order valence-corrected chi connectivity index (χ4v) is 1.57. The van der Waals surface area contributed by atoms with Gasteiger partial charge in [-0.2, -0.15) is 0 Å². The molecule has 4 heteroatoms. The van der Waals surface area contributed by atoms with E-state index in [1.54, 1.807) is 0 Å². The molecule has 1 aromatic carbocycles. The molecule has 0 bridgehead atoms. The highest BCUT2D eigenvalue weighted by atomic mass is 19.1. The Bertz CT molecular complexity index is 393. The van der Waals surface area contributed by atoms with E-state index in [0.717, 1.165) is 31.4 Å². The SMILES string of the molecule is CCCCC(C)NC(=O)c1cc(F)ccc1O. The average Bonchev–Trinajstić information content (AvgIpc) is 2.29. The molecule has 1 aromatic rings. The Morgan fingerprint density at radius 3 is 2.88 bits per heavy atom. The molecule has 3 nitrogen and oxygen atoms in total. The van der Waals surface area contributed by atoms with Gasteiger partial charge >= 0.3 is 0 Å². The van der Waals surface area contributed by atoms with Crippen molar-refractivity contribution >= 4 is 5.91 Å². The number of amides is 1. The molecule has 0 saturated carbocycles. The number of unbranched alkanes of at least 4 members (excludes halogenated alkanes) is 1. The highest BCUT2D eigenvalue weighted by Crippen LogP contribution is 2.17. The lowest BCUT2D eigenvalue weighted by atomic mass is 10.1. The van der Waals surface area contributed by atoms with Crippen LogP contribution in [0.5, 0.6) is 5.75 Å². The third-order valence-corrected chi connectivity index (χ3v) is 2.57. The second-order valence-electron chi connectivity index (χ2n) is 4.18. The van der Waals surface area contributed by atoms with Crippen LogP contribution in [0.2, 0.25) is 0 Å².